The number of carboxylic acid groups (broad SMARTS) is 1. The minimum atomic E-state index is -0.895. The summed E-state index contributed by atoms with van der Waals surface area (Å²) in [6.45, 7) is 0.587. The quantitative estimate of drug-likeness (QED) is 0.862. The lowest BCUT2D eigenvalue weighted by Crippen LogP contribution is -2.38. The molecule has 1 aromatic rings. The molecule has 0 amide bonds. The summed E-state index contributed by atoms with van der Waals surface area (Å²) in [4.78, 5) is 16.7. The van der Waals surface area contributed by atoms with Crippen LogP contribution in [0.1, 0.15) is 12.8 Å². The summed E-state index contributed by atoms with van der Waals surface area (Å²) in [7, 11) is 0. The van der Waals surface area contributed by atoms with Gasteiger partial charge in [-0.05, 0) is 18.9 Å². The van der Waals surface area contributed by atoms with Gasteiger partial charge in [-0.2, -0.15) is 0 Å². The first-order chi connectivity index (χ1) is 8.97. The predicted molar refractivity (Wildman–Crippen MR) is 69.8 cm³/mol. The average molecular weight is 288 g/mol. The number of halogens is 2. The monoisotopic (exact) mass is 287 g/mol. The van der Waals surface area contributed by atoms with Gasteiger partial charge in [-0.3, -0.25) is 4.79 Å². The van der Waals surface area contributed by atoms with E-state index in [1.807, 2.05) is 0 Å². The van der Waals surface area contributed by atoms with E-state index in [-0.39, 0.29) is 23.4 Å². The number of rotatable bonds is 2. The molecule has 0 aliphatic carbocycles. The number of carboxylic acids is 1. The van der Waals surface area contributed by atoms with Gasteiger partial charge in [-0.15, -0.1) is 0 Å². The first kappa shape index (κ1) is 14.0. The van der Waals surface area contributed by atoms with Crippen LogP contribution >= 0.6 is 11.6 Å². The number of anilines is 1. The van der Waals surface area contributed by atoms with Gasteiger partial charge in [-0.25, -0.2) is 9.37 Å². The zero-order valence-electron chi connectivity index (χ0n) is 10.2. The predicted octanol–water partition coefficient (Wildman–Crippen LogP) is 1.50. The molecule has 3 N–H and O–H groups in total. The Balaban J connectivity index is 2.27. The maximum atomic E-state index is 13.8. The zero-order chi connectivity index (χ0) is 14.0. The van der Waals surface area contributed by atoms with Crippen LogP contribution in [-0.4, -0.2) is 35.2 Å². The second kappa shape index (κ2) is 5.71. The van der Waals surface area contributed by atoms with Gasteiger partial charge in [0.05, 0.1) is 10.9 Å². The molecule has 1 aliphatic heterocycles. The number of carbonyl (C=O) groups is 1. The Morgan fingerprint density at radius 2 is 2.26 bits per heavy atom. The molecule has 0 saturated carbocycles. The van der Waals surface area contributed by atoms with Crippen LogP contribution in [0.5, 0.6) is 0 Å². The number of aliphatic carboxylic acids is 1. The number of nitrogens with two attached hydrogens (primary N) is 1. The molecule has 5 nitrogen and oxygen atoms in total. The lowest BCUT2D eigenvalue weighted by atomic mass is 10.0. The molecule has 2 rings (SSSR count). The lowest BCUT2D eigenvalue weighted by molar-refractivity contribution is -0.141. The third-order valence-electron chi connectivity index (χ3n) is 3.22. The fourth-order valence-corrected chi connectivity index (χ4v) is 2.38. The van der Waals surface area contributed by atoms with Crippen LogP contribution in [0.15, 0.2) is 12.3 Å². The number of aromatic nitrogens is 1. The Labute approximate surface area is 115 Å². The lowest BCUT2D eigenvalue weighted by Gasteiger charge is -2.25. The minimum absolute atomic E-state index is 0.105. The summed E-state index contributed by atoms with van der Waals surface area (Å²) in [5.41, 5.74) is 5.89. The molecule has 0 spiro atoms. The summed E-state index contributed by atoms with van der Waals surface area (Å²) >= 11 is 5.66. The van der Waals surface area contributed by atoms with Gasteiger partial charge in [0, 0.05) is 25.3 Å². The molecule has 1 aromatic heterocycles. The van der Waals surface area contributed by atoms with Gasteiger partial charge in [0.1, 0.15) is 0 Å². The molecule has 0 bridgehead atoms. The maximum Gasteiger partial charge on any atom is 0.308 e. The third kappa shape index (κ3) is 3.33. The van der Waals surface area contributed by atoms with Crippen LogP contribution in [0.4, 0.5) is 10.2 Å². The summed E-state index contributed by atoms with van der Waals surface area (Å²) in [5.74, 6) is -1.92. The molecule has 19 heavy (non-hydrogen) atoms. The van der Waals surface area contributed by atoms with Crippen molar-refractivity contribution in [3.63, 3.8) is 0 Å². The second-order valence-corrected chi connectivity index (χ2v) is 5.17. The fourth-order valence-electron chi connectivity index (χ4n) is 2.24. The Morgan fingerprint density at radius 1 is 1.53 bits per heavy atom. The molecule has 1 aliphatic rings. The van der Waals surface area contributed by atoms with Gasteiger partial charge in [0.25, 0.3) is 0 Å². The van der Waals surface area contributed by atoms with Crippen LogP contribution in [-0.2, 0) is 4.79 Å². The standard InChI is InChI=1S/C12H15ClFN3O2/c13-8-3-10(14)11(16-4-8)17-5-7(12(18)19)1-2-9(15)6-17/h3-4,7,9H,1-2,5-6,15H2,(H,18,19)/t7-,9+/m0/s1. The van der Waals surface area contributed by atoms with Crippen molar-refractivity contribution in [2.75, 3.05) is 18.0 Å². The smallest absolute Gasteiger partial charge is 0.308 e. The van der Waals surface area contributed by atoms with Crippen molar-refractivity contribution in [1.82, 2.24) is 4.98 Å². The average Bonchev–Trinajstić information content (AvgIpc) is 2.51. The van der Waals surface area contributed by atoms with Crippen LogP contribution in [0.25, 0.3) is 0 Å². The fraction of sp³-hybridized carbons (Fsp3) is 0.500. The number of hydrogen-bond acceptors (Lipinski definition) is 4. The molecule has 7 heteroatoms. The van der Waals surface area contributed by atoms with Gasteiger partial charge in [0.15, 0.2) is 11.6 Å². The molecule has 1 fully saturated rings. The highest BCUT2D eigenvalue weighted by molar-refractivity contribution is 6.30. The molecule has 2 heterocycles. The molecule has 0 aromatic carbocycles. The van der Waals surface area contributed by atoms with Gasteiger partial charge in [-0.1, -0.05) is 11.6 Å². The highest BCUT2D eigenvalue weighted by Gasteiger charge is 2.28. The molecule has 0 unspecified atom stereocenters. The van der Waals surface area contributed by atoms with E-state index in [1.165, 1.54) is 6.20 Å². The van der Waals surface area contributed by atoms with Crippen LogP contribution in [0.3, 0.4) is 0 Å². The van der Waals surface area contributed by atoms with E-state index in [1.54, 1.807) is 4.90 Å². The van der Waals surface area contributed by atoms with E-state index in [0.29, 0.717) is 19.4 Å². The summed E-state index contributed by atoms with van der Waals surface area (Å²) < 4.78 is 13.8. The summed E-state index contributed by atoms with van der Waals surface area (Å²) in [5, 5.41) is 9.33. The van der Waals surface area contributed by atoms with Crippen LogP contribution < -0.4 is 10.6 Å². The largest absolute Gasteiger partial charge is 0.481 e. The van der Waals surface area contributed by atoms with Gasteiger partial charge in [0.2, 0.25) is 0 Å². The van der Waals surface area contributed by atoms with Crippen molar-refractivity contribution in [3.05, 3.63) is 23.1 Å². The summed E-state index contributed by atoms with van der Waals surface area (Å²) in [6.07, 6.45) is 2.43. The number of pyridine rings is 1. The Hall–Kier alpha value is -1.40. The third-order valence-corrected chi connectivity index (χ3v) is 3.43. The highest BCUT2D eigenvalue weighted by Crippen LogP contribution is 2.24. The maximum absolute atomic E-state index is 13.8. The topological polar surface area (TPSA) is 79.5 Å². The van der Waals surface area contributed by atoms with Gasteiger partial charge < -0.3 is 15.7 Å². The van der Waals surface area contributed by atoms with Crippen molar-refractivity contribution in [2.45, 2.75) is 18.9 Å². The minimum Gasteiger partial charge on any atom is -0.481 e. The zero-order valence-corrected chi connectivity index (χ0v) is 11.0. The molecular weight excluding hydrogens is 273 g/mol. The van der Waals surface area contributed by atoms with Crippen molar-refractivity contribution in [3.8, 4) is 0 Å². The molecular formula is C12H15ClFN3O2. The SMILES string of the molecule is N[C@@H]1CC[C@H](C(=O)O)CN(c2ncc(Cl)cc2F)C1. The van der Waals surface area contributed by atoms with E-state index in [2.05, 4.69) is 4.98 Å². The van der Waals surface area contributed by atoms with E-state index in [9.17, 15) is 9.18 Å². The van der Waals surface area contributed by atoms with E-state index < -0.39 is 17.7 Å². The van der Waals surface area contributed by atoms with Crippen molar-refractivity contribution >= 4 is 23.4 Å². The normalized spacial score (nSPS) is 24.1. The molecule has 104 valence electrons. The Kier molecular flexibility index (Phi) is 4.21. The Bertz CT molecular complexity index is 486. The van der Waals surface area contributed by atoms with Crippen molar-refractivity contribution in [2.24, 2.45) is 11.7 Å². The highest BCUT2D eigenvalue weighted by atomic mass is 35.5. The number of hydrogen-bond donors (Lipinski definition) is 2. The van der Waals surface area contributed by atoms with Crippen LogP contribution in [0, 0.1) is 11.7 Å². The van der Waals surface area contributed by atoms with Gasteiger partial charge >= 0.3 is 5.97 Å². The first-order valence-corrected chi connectivity index (χ1v) is 6.39. The molecule has 0 radical (unpaired) electrons. The Morgan fingerprint density at radius 3 is 2.89 bits per heavy atom. The summed E-state index contributed by atoms with van der Waals surface area (Å²) in [6, 6.07) is 0.969. The first-order valence-electron chi connectivity index (χ1n) is 6.01. The molecule has 2 atom stereocenters. The molecule has 1 saturated heterocycles. The van der Waals surface area contributed by atoms with Crippen LogP contribution in [0.2, 0.25) is 5.02 Å². The van der Waals surface area contributed by atoms with Crippen molar-refractivity contribution in [1.29, 1.82) is 0 Å². The van der Waals surface area contributed by atoms with E-state index in [4.69, 9.17) is 22.4 Å². The van der Waals surface area contributed by atoms with E-state index >= 15 is 0 Å². The second-order valence-electron chi connectivity index (χ2n) is 4.74. The van der Waals surface area contributed by atoms with E-state index in [0.717, 1.165) is 6.07 Å². The van der Waals surface area contributed by atoms with Crippen molar-refractivity contribution < 1.29 is 14.3 Å². The number of nitrogens with zero attached hydrogens (tertiary/aromatic N) is 2.